The average Bonchev–Trinajstić information content (AvgIpc) is 3.26. The Morgan fingerprint density at radius 1 is 1.37 bits per heavy atom. The highest BCUT2D eigenvalue weighted by Crippen LogP contribution is 2.48. The van der Waals surface area contributed by atoms with Gasteiger partial charge in [-0.3, -0.25) is 4.79 Å². The Morgan fingerprint density at radius 2 is 2.11 bits per heavy atom. The smallest absolute Gasteiger partial charge is 0.236 e. The van der Waals surface area contributed by atoms with Crippen molar-refractivity contribution in [2.45, 2.75) is 50.7 Å². The molecule has 0 spiro atoms. The van der Waals surface area contributed by atoms with Crippen molar-refractivity contribution in [1.29, 1.82) is 0 Å². The molecule has 1 heterocycles. The molecular weight excluding hydrogens is 246 g/mol. The molecule has 0 aromatic rings. The van der Waals surface area contributed by atoms with Gasteiger partial charge in [0.05, 0.1) is 18.8 Å². The summed E-state index contributed by atoms with van der Waals surface area (Å²) in [6, 6.07) is 0.180. The average molecular weight is 267 g/mol. The van der Waals surface area contributed by atoms with Crippen molar-refractivity contribution in [2.24, 2.45) is 16.3 Å². The van der Waals surface area contributed by atoms with Gasteiger partial charge in [0, 0.05) is 6.54 Å². The standard InChI is InChI=1S/C13H21N3O3/c14-11(15-18)13(5-6-13)12(17)16-7-8-19-10-4-2-1-3-9(10)16/h9-10,18H,1-8H2,(H2,14,15). The zero-order chi connectivity index (χ0) is 13.5. The molecule has 0 aromatic carbocycles. The Bertz CT molecular complexity index is 404. The van der Waals surface area contributed by atoms with E-state index in [2.05, 4.69) is 5.16 Å². The lowest BCUT2D eigenvalue weighted by molar-refractivity contribution is -0.152. The van der Waals surface area contributed by atoms with Gasteiger partial charge >= 0.3 is 0 Å². The van der Waals surface area contributed by atoms with Crippen LogP contribution in [0.2, 0.25) is 0 Å². The molecule has 3 N–H and O–H groups in total. The van der Waals surface area contributed by atoms with Crippen LogP contribution in [-0.2, 0) is 9.53 Å². The first-order valence-electron chi connectivity index (χ1n) is 7.10. The molecule has 3 rings (SSSR count). The summed E-state index contributed by atoms with van der Waals surface area (Å²) in [6.07, 6.45) is 5.91. The van der Waals surface area contributed by atoms with Crippen molar-refractivity contribution < 1.29 is 14.7 Å². The summed E-state index contributed by atoms with van der Waals surface area (Å²) >= 11 is 0. The Hall–Kier alpha value is -1.30. The van der Waals surface area contributed by atoms with Gasteiger partial charge in [-0.25, -0.2) is 0 Å². The zero-order valence-electron chi connectivity index (χ0n) is 11.0. The number of nitrogens with two attached hydrogens (primary N) is 1. The molecule has 2 aliphatic carbocycles. The second-order valence-electron chi connectivity index (χ2n) is 5.83. The molecule has 1 saturated heterocycles. The minimum absolute atomic E-state index is 0.0306. The molecule has 2 unspecified atom stereocenters. The van der Waals surface area contributed by atoms with Crippen LogP contribution < -0.4 is 5.73 Å². The topological polar surface area (TPSA) is 88.2 Å². The van der Waals surface area contributed by atoms with E-state index in [4.69, 9.17) is 15.7 Å². The predicted octanol–water partition coefficient (Wildman–Crippen LogP) is 0.683. The van der Waals surface area contributed by atoms with E-state index in [1.54, 1.807) is 0 Å². The molecule has 6 heteroatoms. The van der Waals surface area contributed by atoms with Crippen LogP contribution in [0.4, 0.5) is 0 Å². The Morgan fingerprint density at radius 3 is 2.79 bits per heavy atom. The van der Waals surface area contributed by atoms with E-state index in [0.29, 0.717) is 26.0 Å². The lowest BCUT2D eigenvalue weighted by Crippen LogP contribution is -2.58. The summed E-state index contributed by atoms with van der Waals surface area (Å²) in [5, 5.41) is 11.9. The number of hydrogen-bond donors (Lipinski definition) is 2. The molecule has 19 heavy (non-hydrogen) atoms. The van der Waals surface area contributed by atoms with Crippen LogP contribution in [0, 0.1) is 5.41 Å². The van der Waals surface area contributed by atoms with Crippen molar-refractivity contribution in [3.05, 3.63) is 0 Å². The second kappa shape index (κ2) is 4.67. The first-order valence-corrected chi connectivity index (χ1v) is 7.10. The quantitative estimate of drug-likeness (QED) is 0.333. The van der Waals surface area contributed by atoms with Gasteiger partial charge in [-0.2, -0.15) is 0 Å². The monoisotopic (exact) mass is 267 g/mol. The van der Waals surface area contributed by atoms with Crippen LogP contribution in [0.15, 0.2) is 5.16 Å². The molecule has 3 aliphatic rings. The normalized spacial score (nSPS) is 33.7. The van der Waals surface area contributed by atoms with E-state index in [-0.39, 0.29) is 23.9 Å². The fraction of sp³-hybridized carbons (Fsp3) is 0.846. The number of oxime groups is 1. The lowest BCUT2D eigenvalue weighted by Gasteiger charge is -2.44. The maximum atomic E-state index is 12.7. The third kappa shape index (κ3) is 1.98. The molecule has 0 radical (unpaired) electrons. The highest BCUT2D eigenvalue weighted by molar-refractivity contribution is 6.09. The molecule has 0 bridgehead atoms. The molecular formula is C13H21N3O3. The zero-order valence-corrected chi connectivity index (χ0v) is 11.0. The number of fused-ring (bicyclic) bond motifs is 1. The van der Waals surface area contributed by atoms with Crippen molar-refractivity contribution in [1.82, 2.24) is 4.90 Å². The van der Waals surface area contributed by atoms with Gasteiger partial charge in [-0.15, -0.1) is 0 Å². The van der Waals surface area contributed by atoms with Gasteiger partial charge < -0.3 is 20.6 Å². The summed E-state index contributed by atoms with van der Waals surface area (Å²) in [6.45, 7) is 1.22. The number of amidine groups is 1. The number of carbonyl (C=O) groups is 1. The van der Waals surface area contributed by atoms with Gasteiger partial charge in [0.2, 0.25) is 5.91 Å². The number of amides is 1. The molecule has 1 amide bonds. The Labute approximate surface area is 112 Å². The SMILES string of the molecule is NC(=NO)C1(C(=O)N2CCOC3CCCCC32)CC1. The Kier molecular flexibility index (Phi) is 3.12. The predicted molar refractivity (Wildman–Crippen MR) is 68.8 cm³/mol. The minimum Gasteiger partial charge on any atom is -0.409 e. The Balaban J connectivity index is 1.79. The molecule has 2 atom stereocenters. The van der Waals surface area contributed by atoms with Gasteiger partial charge in [-0.05, 0) is 25.7 Å². The van der Waals surface area contributed by atoms with Crippen LogP contribution >= 0.6 is 0 Å². The third-order valence-electron chi connectivity index (χ3n) is 4.75. The highest BCUT2D eigenvalue weighted by Gasteiger charge is 2.57. The first kappa shape index (κ1) is 12.7. The van der Waals surface area contributed by atoms with Crippen molar-refractivity contribution in [3.8, 4) is 0 Å². The maximum Gasteiger partial charge on any atom is 0.236 e. The molecule has 2 saturated carbocycles. The summed E-state index contributed by atoms with van der Waals surface area (Å²) in [5.41, 5.74) is 4.98. The molecule has 0 aromatic heterocycles. The van der Waals surface area contributed by atoms with Gasteiger partial charge in [0.25, 0.3) is 0 Å². The van der Waals surface area contributed by atoms with Crippen molar-refractivity contribution >= 4 is 11.7 Å². The van der Waals surface area contributed by atoms with Crippen LogP contribution in [-0.4, -0.2) is 47.1 Å². The number of rotatable bonds is 2. The summed E-state index contributed by atoms with van der Waals surface area (Å²) < 4.78 is 5.78. The number of hydrogen-bond acceptors (Lipinski definition) is 4. The van der Waals surface area contributed by atoms with Crippen LogP contribution in [0.3, 0.4) is 0 Å². The van der Waals surface area contributed by atoms with E-state index in [1.807, 2.05) is 4.90 Å². The second-order valence-corrected chi connectivity index (χ2v) is 5.83. The largest absolute Gasteiger partial charge is 0.409 e. The fourth-order valence-electron chi connectivity index (χ4n) is 3.42. The lowest BCUT2D eigenvalue weighted by atomic mass is 9.89. The van der Waals surface area contributed by atoms with Crippen LogP contribution in [0.1, 0.15) is 38.5 Å². The van der Waals surface area contributed by atoms with Crippen molar-refractivity contribution in [2.75, 3.05) is 13.2 Å². The summed E-state index contributed by atoms with van der Waals surface area (Å²) in [5.74, 6) is 0.0966. The van der Waals surface area contributed by atoms with Gasteiger partial charge in [-0.1, -0.05) is 18.0 Å². The summed E-state index contributed by atoms with van der Waals surface area (Å²) in [7, 11) is 0. The van der Waals surface area contributed by atoms with E-state index in [9.17, 15) is 4.79 Å². The van der Waals surface area contributed by atoms with E-state index >= 15 is 0 Å². The molecule has 1 aliphatic heterocycles. The van der Waals surface area contributed by atoms with E-state index in [0.717, 1.165) is 19.3 Å². The maximum absolute atomic E-state index is 12.7. The number of nitrogens with zero attached hydrogens (tertiary/aromatic N) is 2. The fourth-order valence-corrected chi connectivity index (χ4v) is 3.42. The van der Waals surface area contributed by atoms with Gasteiger partial charge in [0.15, 0.2) is 5.84 Å². The molecule has 3 fully saturated rings. The highest BCUT2D eigenvalue weighted by atomic mass is 16.5. The van der Waals surface area contributed by atoms with E-state index in [1.165, 1.54) is 6.42 Å². The first-order chi connectivity index (χ1) is 9.19. The number of morpholine rings is 1. The third-order valence-corrected chi connectivity index (χ3v) is 4.75. The molecule has 6 nitrogen and oxygen atoms in total. The van der Waals surface area contributed by atoms with E-state index < -0.39 is 5.41 Å². The van der Waals surface area contributed by atoms with Crippen LogP contribution in [0.25, 0.3) is 0 Å². The van der Waals surface area contributed by atoms with Crippen molar-refractivity contribution in [3.63, 3.8) is 0 Å². The summed E-state index contributed by atoms with van der Waals surface area (Å²) in [4.78, 5) is 14.7. The number of carbonyl (C=O) groups excluding carboxylic acids is 1. The number of ether oxygens (including phenoxy) is 1. The minimum atomic E-state index is -0.728. The van der Waals surface area contributed by atoms with Gasteiger partial charge in [0.1, 0.15) is 5.41 Å². The van der Waals surface area contributed by atoms with Crippen LogP contribution in [0.5, 0.6) is 0 Å². The molecule has 106 valence electrons.